The van der Waals surface area contributed by atoms with Crippen LogP contribution in [0.4, 0.5) is 4.39 Å². The number of piperidine rings is 1. The van der Waals surface area contributed by atoms with Gasteiger partial charge in [-0.1, -0.05) is 22.0 Å². The molecule has 1 unspecified atom stereocenters. The molecule has 1 aliphatic heterocycles. The first-order chi connectivity index (χ1) is 8.65. The summed E-state index contributed by atoms with van der Waals surface area (Å²) in [4.78, 5) is 2.32. The molecule has 0 radical (unpaired) electrons. The lowest BCUT2D eigenvalue weighted by molar-refractivity contribution is 0.237. The van der Waals surface area contributed by atoms with Crippen LogP contribution in [0.2, 0.25) is 0 Å². The highest BCUT2D eigenvalue weighted by Gasteiger charge is 2.15. The Morgan fingerprint density at radius 2 is 2.33 bits per heavy atom. The molecule has 1 heterocycles. The van der Waals surface area contributed by atoms with E-state index in [4.69, 9.17) is 0 Å². The van der Waals surface area contributed by atoms with Crippen molar-refractivity contribution in [1.29, 1.82) is 0 Å². The molecule has 1 fully saturated rings. The maximum atomic E-state index is 13.0. The fourth-order valence-electron chi connectivity index (χ4n) is 2.53. The smallest absolute Gasteiger partial charge is 0.124 e. The maximum Gasteiger partial charge on any atom is 0.124 e. The molecule has 0 aliphatic carbocycles. The molecule has 0 amide bonds. The van der Waals surface area contributed by atoms with Crippen LogP contribution in [0.25, 0.3) is 0 Å². The monoisotopic (exact) mass is 314 g/mol. The van der Waals surface area contributed by atoms with E-state index in [1.165, 1.54) is 25.0 Å². The zero-order valence-electron chi connectivity index (χ0n) is 10.8. The number of hydrogen-bond donors (Lipinski definition) is 1. The van der Waals surface area contributed by atoms with E-state index in [0.29, 0.717) is 0 Å². The minimum Gasteiger partial charge on any atom is -0.316 e. The van der Waals surface area contributed by atoms with Crippen molar-refractivity contribution < 1.29 is 4.39 Å². The number of nitrogens with zero attached hydrogens (tertiary/aromatic N) is 1. The Kier molecular flexibility index (Phi) is 5.15. The molecule has 100 valence electrons. The molecule has 4 heteroatoms. The molecule has 1 atom stereocenters. The topological polar surface area (TPSA) is 15.3 Å². The molecular formula is C14H20BrFN2. The van der Waals surface area contributed by atoms with Gasteiger partial charge >= 0.3 is 0 Å². The van der Waals surface area contributed by atoms with Crippen LogP contribution in [0.1, 0.15) is 18.4 Å². The fourth-order valence-corrected chi connectivity index (χ4v) is 3.00. The molecule has 18 heavy (non-hydrogen) atoms. The van der Waals surface area contributed by atoms with Gasteiger partial charge in [0.05, 0.1) is 0 Å². The Balaban J connectivity index is 1.87. The molecule has 0 spiro atoms. The lowest BCUT2D eigenvalue weighted by atomic mass is 9.99. The van der Waals surface area contributed by atoms with E-state index >= 15 is 0 Å². The van der Waals surface area contributed by atoms with Crippen LogP contribution in [0, 0.1) is 11.7 Å². The predicted molar refractivity (Wildman–Crippen MR) is 76.0 cm³/mol. The summed E-state index contributed by atoms with van der Waals surface area (Å²) in [5, 5.41) is 3.44. The van der Waals surface area contributed by atoms with Crippen LogP contribution >= 0.6 is 15.9 Å². The Hall–Kier alpha value is -0.450. The Bertz CT molecular complexity index is 391. The van der Waals surface area contributed by atoms with Gasteiger partial charge in [0.2, 0.25) is 0 Å². The number of halogens is 2. The number of benzene rings is 1. The van der Waals surface area contributed by atoms with Crippen LogP contribution in [0.3, 0.4) is 0 Å². The predicted octanol–water partition coefficient (Wildman–Crippen LogP) is 3.02. The Labute approximate surface area is 117 Å². The van der Waals surface area contributed by atoms with E-state index < -0.39 is 0 Å². The van der Waals surface area contributed by atoms with Crippen molar-refractivity contribution in [2.24, 2.45) is 5.92 Å². The van der Waals surface area contributed by atoms with Crippen molar-refractivity contribution >= 4 is 15.9 Å². The van der Waals surface area contributed by atoms with Gasteiger partial charge in [-0.25, -0.2) is 4.39 Å². The number of nitrogens with one attached hydrogen (secondary N) is 1. The number of hydrogen-bond acceptors (Lipinski definition) is 2. The standard InChI is InChI=1S/C14H20BrFN2/c1-18(9-11-3-2-6-17-8-11)10-12-4-5-13(16)7-14(12)15/h4-5,7,11,17H,2-3,6,8-10H2,1H3. The molecule has 1 aromatic rings. The highest BCUT2D eigenvalue weighted by atomic mass is 79.9. The van der Waals surface area contributed by atoms with Gasteiger partial charge in [0, 0.05) is 17.6 Å². The van der Waals surface area contributed by atoms with E-state index in [1.54, 1.807) is 0 Å². The first-order valence-corrected chi connectivity index (χ1v) is 7.27. The quantitative estimate of drug-likeness (QED) is 0.919. The van der Waals surface area contributed by atoms with E-state index in [9.17, 15) is 4.39 Å². The highest BCUT2D eigenvalue weighted by Crippen LogP contribution is 2.20. The normalized spacial score (nSPS) is 20.3. The van der Waals surface area contributed by atoms with Crippen molar-refractivity contribution in [3.8, 4) is 0 Å². The zero-order chi connectivity index (χ0) is 13.0. The minimum atomic E-state index is -0.190. The maximum absolute atomic E-state index is 13.0. The average Bonchev–Trinajstić information content (AvgIpc) is 2.34. The van der Waals surface area contributed by atoms with E-state index in [1.807, 2.05) is 6.07 Å². The minimum absolute atomic E-state index is 0.190. The molecule has 0 bridgehead atoms. The zero-order valence-corrected chi connectivity index (χ0v) is 12.3. The summed E-state index contributed by atoms with van der Waals surface area (Å²) in [7, 11) is 2.13. The van der Waals surface area contributed by atoms with Crippen LogP contribution in [-0.4, -0.2) is 31.6 Å². The van der Waals surface area contributed by atoms with Crippen LogP contribution in [0.15, 0.2) is 22.7 Å². The van der Waals surface area contributed by atoms with Crippen molar-refractivity contribution in [2.45, 2.75) is 19.4 Å². The molecule has 1 N–H and O–H groups in total. The van der Waals surface area contributed by atoms with Crippen LogP contribution in [0.5, 0.6) is 0 Å². The third kappa shape index (κ3) is 4.04. The van der Waals surface area contributed by atoms with Gasteiger partial charge in [-0.15, -0.1) is 0 Å². The van der Waals surface area contributed by atoms with E-state index in [0.717, 1.165) is 42.1 Å². The largest absolute Gasteiger partial charge is 0.316 e. The molecular weight excluding hydrogens is 295 g/mol. The fraction of sp³-hybridized carbons (Fsp3) is 0.571. The summed E-state index contributed by atoms with van der Waals surface area (Å²) in [6, 6.07) is 4.91. The van der Waals surface area contributed by atoms with Gasteiger partial charge in [0.1, 0.15) is 5.82 Å². The highest BCUT2D eigenvalue weighted by molar-refractivity contribution is 9.10. The molecule has 2 rings (SSSR count). The van der Waals surface area contributed by atoms with Crippen molar-refractivity contribution in [2.75, 3.05) is 26.7 Å². The summed E-state index contributed by atoms with van der Waals surface area (Å²) < 4.78 is 13.9. The molecule has 1 aliphatic rings. The van der Waals surface area contributed by atoms with Gasteiger partial charge in [0.15, 0.2) is 0 Å². The summed E-state index contributed by atoms with van der Waals surface area (Å²) in [5.74, 6) is 0.549. The third-order valence-electron chi connectivity index (χ3n) is 3.42. The van der Waals surface area contributed by atoms with E-state index in [2.05, 4.69) is 33.2 Å². The second-order valence-corrected chi connectivity index (χ2v) is 6.00. The van der Waals surface area contributed by atoms with Gasteiger partial charge in [-0.2, -0.15) is 0 Å². The summed E-state index contributed by atoms with van der Waals surface area (Å²) >= 11 is 3.42. The molecule has 1 aromatic carbocycles. The van der Waals surface area contributed by atoms with Crippen LogP contribution in [-0.2, 0) is 6.54 Å². The molecule has 0 aromatic heterocycles. The Morgan fingerprint density at radius 1 is 1.50 bits per heavy atom. The Morgan fingerprint density at radius 3 is 3.00 bits per heavy atom. The second kappa shape index (κ2) is 6.64. The van der Waals surface area contributed by atoms with Crippen molar-refractivity contribution in [1.82, 2.24) is 10.2 Å². The van der Waals surface area contributed by atoms with Gasteiger partial charge in [-0.05, 0) is 56.6 Å². The van der Waals surface area contributed by atoms with Crippen LogP contribution < -0.4 is 5.32 Å². The molecule has 2 nitrogen and oxygen atoms in total. The summed E-state index contributed by atoms with van der Waals surface area (Å²) in [5.41, 5.74) is 1.14. The lowest BCUT2D eigenvalue weighted by Crippen LogP contribution is -2.36. The average molecular weight is 315 g/mol. The molecule has 0 saturated carbocycles. The van der Waals surface area contributed by atoms with Crippen molar-refractivity contribution in [3.05, 3.63) is 34.1 Å². The molecule has 1 saturated heterocycles. The van der Waals surface area contributed by atoms with Crippen molar-refractivity contribution in [3.63, 3.8) is 0 Å². The third-order valence-corrected chi connectivity index (χ3v) is 4.16. The summed E-state index contributed by atoms with van der Waals surface area (Å²) in [6.07, 6.45) is 2.58. The van der Waals surface area contributed by atoms with Gasteiger partial charge in [-0.3, -0.25) is 0 Å². The lowest BCUT2D eigenvalue weighted by Gasteiger charge is -2.27. The first kappa shape index (κ1) is 14.0. The second-order valence-electron chi connectivity index (χ2n) is 5.14. The number of rotatable bonds is 4. The van der Waals surface area contributed by atoms with Gasteiger partial charge < -0.3 is 10.2 Å². The van der Waals surface area contributed by atoms with E-state index in [-0.39, 0.29) is 5.82 Å². The SMILES string of the molecule is CN(Cc1ccc(F)cc1Br)CC1CCCNC1. The summed E-state index contributed by atoms with van der Waals surface area (Å²) in [6.45, 7) is 4.23. The van der Waals surface area contributed by atoms with Gasteiger partial charge in [0.25, 0.3) is 0 Å². The first-order valence-electron chi connectivity index (χ1n) is 6.48.